The monoisotopic (exact) mass is 233 g/mol. The molecule has 0 aromatic carbocycles. The molecule has 1 amide bonds. The highest BCUT2D eigenvalue weighted by Gasteiger charge is 2.16. The Morgan fingerprint density at radius 1 is 1.53 bits per heavy atom. The van der Waals surface area contributed by atoms with E-state index in [4.69, 9.17) is 0 Å². The van der Waals surface area contributed by atoms with Gasteiger partial charge in [-0.1, -0.05) is 0 Å². The van der Waals surface area contributed by atoms with E-state index < -0.39 is 0 Å². The number of nitrogens with one attached hydrogen (secondary N) is 2. The average molecular weight is 233 g/mol. The van der Waals surface area contributed by atoms with Gasteiger partial charge >= 0.3 is 0 Å². The number of amides is 1. The van der Waals surface area contributed by atoms with Crippen molar-refractivity contribution < 1.29 is 4.79 Å². The Hall–Kier alpha value is -2.11. The van der Waals surface area contributed by atoms with Crippen molar-refractivity contribution in [3.05, 3.63) is 34.9 Å². The number of hydrogen-bond acceptors (Lipinski definition) is 3. The van der Waals surface area contributed by atoms with E-state index in [1.807, 2.05) is 20.9 Å². The summed E-state index contributed by atoms with van der Waals surface area (Å²) in [5, 5.41) is 13.6. The van der Waals surface area contributed by atoms with Crippen LogP contribution in [-0.4, -0.2) is 25.9 Å². The Morgan fingerprint density at radius 2 is 2.29 bits per heavy atom. The minimum atomic E-state index is -0.102. The summed E-state index contributed by atoms with van der Waals surface area (Å²) in [5.41, 5.74) is 3.20. The third-order valence-corrected chi connectivity index (χ3v) is 2.74. The van der Waals surface area contributed by atoms with Gasteiger partial charge in [0.25, 0.3) is 5.91 Å². The van der Waals surface area contributed by atoms with Crippen LogP contribution in [0.25, 0.3) is 0 Å². The molecule has 0 saturated carbocycles. The Balaban J connectivity index is 2.10. The molecule has 90 valence electrons. The van der Waals surface area contributed by atoms with Gasteiger partial charge in [-0.25, -0.2) is 0 Å². The SMILES string of the molecule is Cc1nn(C)c(C)c1C(=O)NCc1cn[nH]c1. The van der Waals surface area contributed by atoms with Crippen LogP contribution in [0.1, 0.15) is 27.3 Å². The Morgan fingerprint density at radius 3 is 2.82 bits per heavy atom. The molecule has 2 heterocycles. The van der Waals surface area contributed by atoms with Gasteiger partial charge in [-0.2, -0.15) is 10.2 Å². The van der Waals surface area contributed by atoms with E-state index in [1.165, 1.54) is 0 Å². The lowest BCUT2D eigenvalue weighted by Gasteiger charge is -2.03. The maximum atomic E-state index is 12.0. The molecule has 0 aliphatic carbocycles. The summed E-state index contributed by atoms with van der Waals surface area (Å²) in [6, 6.07) is 0. The molecule has 6 nitrogen and oxygen atoms in total. The van der Waals surface area contributed by atoms with E-state index >= 15 is 0 Å². The molecule has 2 rings (SSSR count). The van der Waals surface area contributed by atoms with Crippen molar-refractivity contribution in [1.29, 1.82) is 0 Å². The van der Waals surface area contributed by atoms with Crippen LogP contribution in [0.5, 0.6) is 0 Å². The molecule has 0 saturated heterocycles. The molecular weight excluding hydrogens is 218 g/mol. The molecule has 0 atom stereocenters. The molecule has 0 spiro atoms. The zero-order valence-corrected chi connectivity index (χ0v) is 10.1. The number of nitrogens with zero attached hydrogens (tertiary/aromatic N) is 3. The quantitative estimate of drug-likeness (QED) is 0.819. The number of aromatic nitrogens is 4. The summed E-state index contributed by atoms with van der Waals surface area (Å²) in [4.78, 5) is 12.0. The van der Waals surface area contributed by atoms with Crippen LogP contribution >= 0.6 is 0 Å². The van der Waals surface area contributed by atoms with Gasteiger partial charge in [0.1, 0.15) is 0 Å². The Bertz CT molecular complexity index is 526. The first-order valence-corrected chi connectivity index (χ1v) is 5.35. The second-order valence-electron chi connectivity index (χ2n) is 3.96. The second kappa shape index (κ2) is 4.40. The van der Waals surface area contributed by atoms with Gasteiger partial charge in [-0.3, -0.25) is 14.6 Å². The van der Waals surface area contributed by atoms with Crippen LogP contribution in [0.2, 0.25) is 0 Å². The number of carbonyl (C=O) groups is 1. The van der Waals surface area contributed by atoms with Gasteiger partial charge in [0.05, 0.1) is 17.5 Å². The molecule has 0 aliphatic rings. The lowest BCUT2D eigenvalue weighted by atomic mass is 10.2. The van der Waals surface area contributed by atoms with Crippen molar-refractivity contribution in [2.24, 2.45) is 7.05 Å². The van der Waals surface area contributed by atoms with Crippen molar-refractivity contribution >= 4 is 5.91 Å². The predicted octanol–water partition coefficient (Wildman–Crippen LogP) is 0.690. The number of hydrogen-bond donors (Lipinski definition) is 2. The number of H-pyrrole nitrogens is 1. The van der Waals surface area contributed by atoms with Crippen molar-refractivity contribution in [2.75, 3.05) is 0 Å². The number of carbonyl (C=O) groups excluding carboxylic acids is 1. The molecule has 17 heavy (non-hydrogen) atoms. The first-order chi connectivity index (χ1) is 8.09. The summed E-state index contributed by atoms with van der Waals surface area (Å²) < 4.78 is 1.71. The van der Waals surface area contributed by atoms with Crippen LogP contribution in [0.4, 0.5) is 0 Å². The van der Waals surface area contributed by atoms with Gasteiger partial charge in [0.15, 0.2) is 0 Å². The molecule has 0 radical (unpaired) electrons. The second-order valence-corrected chi connectivity index (χ2v) is 3.96. The molecular formula is C11H15N5O. The first-order valence-electron chi connectivity index (χ1n) is 5.35. The molecule has 0 fully saturated rings. The lowest BCUT2D eigenvalue weighted by molar-refractivity contribution is 0.0949. The highest BCUT2D eigenvalue weighted by Crippen LogP contribution is 2.11. The molecule has 2 N–H and O–H groups in total. The van der Waals surface area contributed by atoms with Gasteiger partial charge in [-0.15, -0.1) is 0 Å². The number of aromatic amines is 1. The van der Waals surface area contributed by atoms with Crippen LogP contribution < -0.4 is 5.32 Å². The van der Waals surface area contributed by atoms with Crippen LogP contribution in [0.15, 0.2) is 12.4 Å². The third-order valence-electron chi connectivity index (χ3n) is 2.74. The van der Waals surface area contributed by atoms with Crippen LogP contribution in [-0.2, 0) is 13.6 Å². The molecule has 0 bridgehead atoms. The van der Waals surface area contributed by atoms with E-state index in [0.717, 1.165) is 17.0 Å². The van der Waals surface area contributed by atoms with E-state index in [-0.39, 0.29) is 5.91 Å². The van der Waals surface area contributed by atoms with E-state index in [9.17, 15) is 4.79 Å². The fourth-order valence-electron chi connectivity index (χ4n) is 1.75. The summed E-state index contributed by atoms with van der Waals surface area (Å²) in [6.45, 7) is 4.18. The van der Waals surface area contributed by atoms with Crippen molar-refractivity contribution in [2.45, 2.75) is 20.4 Å². The van der Waals surface area contributed by atoms with Gasteiger partial charge in [0.2, 0.25) is 0 Å². The summed E-state index contributed by atoms with van der Waals surface area (Å²) >= 11 is 0. The predicted molar refractivity (Wildman–Crippen MR) is 62.4 cm³/mol. The molecule has 2 aromatic heterocycles. The minimum absolute atomic E-state index is 0.102. The van der Waals surface area contributed by atoms with Crippen molar-refractivity contribution in [3.8, 4) is 0 Å². The van der Waals surface area contributed by atoms with Crippen LogP contribution in [0.3, 0.4) is 0 Å². The van der Waals surface area contributed by atoms with Gasteiger partial charge in [0, 0.05) is 31.0 Å². The third kappa shape index (κ3) is 2.20. The summed E-state index contributed by atoms with van der Waals surface area (Å²) in [5.74, 6) is -0.102. The molecule has 2 aromatic rings. The maximum Gasteiger partial charge on any atom is 0.255 e. The van der Waals surface area contributed by atoms with E-state index in [1.54, 1.807) is 17.1 Å². The smallest absolute Gasteiger partial charge is 0.255 e. The Labute approximate surface area is 99.0 Å². The van der Waals surface area contributed by atoms with E-state index in [0.29, 0.717) is 12.1 Å². The average Bonchev–Trinajstić information content (AvgIpc) is 2.86. The Kier molecular flexibility index (Phi) is 2.95. The fraction of sp³-hybridized carbons (Fsp3) is 0.364. The molecule has 6 heteroatoms. The normalized spacial score (nSPS) is 10.5. The largest absolute Gasteiger partial charge is 0.348 e. The maximum absolute atomic E-state index is 12.0. The van der Waals surface area contributed by atoms with Crippen LogP contribution in [0, 0.1) is 13.8 Å². The minimum Gasteiger partial charge on any atom is -0.348 e. The fourth-order valence-corrected chi connectivity index (χ4v) is 1.75. The number of aryl methyl sites for hydroxylation is 2. The van der Waals surface area contributed by atoms with Gasteiger partial charge in [-0.05, 0) is 13.8 Å². The lowest BCUT2D eigenvalue weighted by Crippen LogP contribution is -2.23. The molecule has 0 aliphatic heterocycles. The molecule has 0 unspecified atom stereocenters. The summed E-state index contributed by atoms with van der Waals surface area (Å²) in [6.07, 6.45) is 3.44. The highest BCUT2D eigenvalue weighted by molar-refractivity contribution is 5.96. The first kappa shape index (κ1) is 11.4. The summed E-state index contributed by atoms with van der Waals surface area (Å²) in [7, 11) is 1.83. The zero-order chi connectivity index (χ0) is 12.4. The topological polar surface area (TPSA) is 75.6 Å². The highest BCUT2D eigenvalue weighted by atomic mass is 16.1. The standard InChI is InChI=1S/C11H15N5O/c1-7-10(8(2)16(3)15-7)11(17)12-4-9-5-13-14-6-9/h5-6H,4H2,1-3H3,(H,12,17)(H,13,14). The zero-order valence-electron chi connectivity index (χ0n) is 10.1. The number of rotatable bonds is 3. The van der Waals surface area contributed by atoms with Crippen molar-refractivity contribution in [1.82, 2.24) is 25.3 Å². The van der Waals surface area contributed by atoms with Gasteiger partial charge < -0.3 is 5.32 Å². The van der Waals surface area contributed by atoms with Crippen molar-refractivity contribution in [3.63, 3.8) is 0 Å². The van der Waals surface area contributed by atoms with E-state index in [2.05, 4.69) is 20.6 Å².